The molecule has 0 aliphatic carbocycles. The van der Waals surface area contributed by atoms with Crippen LogP contribution >= 0.6 is 11.6 Å². The minimum absolute atomic E-state index is 0.229. The van der Waals surface area contributed by atoms with E-state index in [-0.39, 0.29) is 16.8 Å². The highest BCUT2D eigenvalue weighted by molar-refractivity contribution is 7.90. The van der Waals surface area contributed by atoms with Gasteiger partial charge in [-0.25, -0.2) is 8.42 Å². The van der Waals surface area contributed by atoms with E-state index in [0.29, 0.717) is 17.2 Å². The topological polar surface area (TPSA) is 72.5 Å². The molecule has 0 aliphatic rings. The van der Waals surface area contributed by atoms with Crippen LogP contribution in [0.1, 0.15) is 31.9 Å². The molecule has 0 bridgehead atoms. The third-order valence-electron chi connectivity index (χ3n) is 3.93. The lowest BCUT2D eigenvalue weighted by Gasteiger charge is -2.21. The first-order chi connectivity index (χ1) is 12.2. The smallest absolute Gasteiger partial charge is 0.261 e. The molecule has 0 aromatic heterocycles. The zero-order chi connectivity index (χ0) is 19.3. The van der Waals surface area contributed by atoms with E-state index < -0.39 is 15.9 Å². The molecule has 7 heteroatoms. The number of benzene rings is 2. The number of rotatable bonds is 7. The molecule has 2 aromatic carbocycles. The van der Waals surface area contributed by atoms with Crippen molar-refractivity contribution >= 4 is 27.3 Å². The first-order valence-corrected chi connectivity index (χ1v) is 10.5. The summed E-state index contributed by atoms with van der Waals surface area (Å²) in [7, 11) is -3.24. The molecule has 1 N–H and O–H groups in total. The molecule has 26 heavy (non-hydrogen) atoms. The van der Waals surface area contributed by atoms with Gasteiger partial charge >= 0.3 is 0 Å². The number of nitrogens with one attached hydrogen (secondary N) is 1. The molecule has 1 amide bonds. The molecular weight excluding hydrogens is 374 g/mol. The zero-order valence-electron chi connectivity index (χ0n) is 14.9. The average Bonchev–Trinajstić information content (AvgIpc) is 2.60. The van der Waals surface area contributed by atoms with E-state index in [4.69, 9.17) is 16.3 Å². The third-order valence-corrected chi connectivity index (χ3v) is 5.31. The predicted molar refractivity (Wildman–Crippen MR) is 102 cm³/mol. The Labute approximate surface area is 159 Å². The van der Waals surface area contributed by atoms with E-state index in [1.54, 1.807) is 55.5 Å². The highest BCUT2D eigenvalue weighted by Gasteiger charge is 2.20. The summed E-state index contributed by atoms with van der Waals surface area (Å²) < 4.78 is 28.7. The summed E-state index contributed by atoms with van der Waals surface area (Å²) in [5, 5.41) is 3.53. The summed E-state index contributed by atoms with van der Waals surface area (Å²) in [5.74, 6) is 0.307. The normalized spacial score (nSPS) is 13.7. The van der Waals surface area contributed by atoms with Crippen molar-refractivity contribution in [1.82, 2.24) is 5.32 Å². The molecule has 0 saturated heterocycles. The summed E-state index contributed by atoms with van der Waals surface area (Å²) in [6.07, 6.45) is 1.15. The van der Waals surface area contributed by atoms with Crippen LogP contribution in [0.3, 0.4) is 0 Å². The van der Waals surface area contributed by atoms with Crippen LogP contribution in [0.25, 0.3) is 0 Å². The van der Waals surface area contributed by atoms with Crippen molar-refractivity contribution in [3.63, 3.8) is 0 Å². The Hall–Kier alpha value is -2.05. The summed E-state index contributed by atoms with van der Waals surface area (Å²) in [6, 6.07) is 13.1. The van der Waals surface area contributed by atoms with Crippen LogP contribution in [-0.4, -0.2) is 26.7 Å². The van der Waals surface area contributed by atoms with Crippen molar-refractivity contribution in [3.8, 4) is 5.75 Å². The number of carbonyl (C=O) groups is 1. The Morgan fingerprint density at radius 3 is 2.19 bits per heavy atom. The van der Waals surface area contributed by atoms with E-state index in [2.05, 4.69) is 5.32 Å². The van der Waals surface area contributed by atoms with Crippen LogP contribution in [0, 0.1) is 0 Å². The Balaban J connectivity index is 2.04. The SMILES string of the molecule is CCC(NC(=O)C(C)Oc1ccc(Cl)cc1)c1ccc(S(C)(=O)=O)cc1. The Bertz CT molecular complexity index is 848. The van der Waals surface area contributed by atoms with E-state index in [0.717, 1.165) is 11.8 Å². The number of hydrogen-bond acceptors (Lipinski definition) is 4. The summed E-state index contributed by atoms with van der Waals surface area (Å²) in [5.41, 5.74) is 0.840. The van der Waals surface area contributed by atoms with Crippen molar-refractivity contribution in [2.45, 2.75) is 37.3 Å². The molecule has 0 spiro atoms. The van der Waals surface area contributed by atoms with Crippen molar-refractivity contribution in [2.75, 3.05) is 6.26 Å². The largest absolute Gasteiger partial charge is 0.481 e. The quantitative estimate of drug-likeness (QED) is 0.774. The zero-order valence-corrected chi connectivity index (χ0v) is 16.5. The molecule has 2 rings (SSSR count). The van der Waals surface area contributed by atoms with Gasteiger partial charge in [0.15, 0.2) is 15.9 Å². The first kappa shape index (κ1) is 20.3. The van der Waals surface area contributed by atoms with E-state index in [1.807, 2.05) is 6.92 Å². The summed E-state index contributed by atoms with van der Waals surface area (Å²) >= 11 is 5.83. The second-order valence-corrected chi connectivity index (χ2v) is 8.48. The maximum atomic E-state index is 12.4. The lowest BCUT2D eigenvalue weighted by molar-refractivity contribution is -0.128. The molecule has 0 aliphatic heterocycles. The number of carbonyl (C=O) groups excluding carboxylic acids is 1. The minimum Gasteiger partial charge on any atom is -0.481 e. The maximum absolute atomic E-state index is 12.4. The van der Waals surface area contributed by atoms with E-state index >= 15 is 0 Å². The first-order valence-electron chi connectivity index (χ1n) is 8.23. The fourth-order valence-corrected chi connectivity index (χ4v) is 3.18. The van der Waals surface area contributed by atoms with Crippen LogP contribution in [0.15, 0.2) is 53.4 Å². The van der Waals surface area contributed by atoms with Crippen LogP contribution in [-0.2, 0) is 14.6 Å². The second-order valence-electron chi connectivity index (χ2n) is 6.02. The molecule has 2 aromatic rings. The van der Waals surface area contributed by atoms with Gasteiger partial charge in [-0.15, -0.1) is 0 Å². The van der Waals surface area contributed by atoms with Gasteiger partial charge in [-0.1, -0.05) is 30.7 Å². The molecule has 2 atom stereocenters. The van der Waals surface area contributed by atoms with Crippen molar-refractivity contribution < 1.29 is 17.9 Å². The molecule has 0 saturated carbocycles. The predicted octanol–water partition coefficient (Wildman–Crippen LogP) is 3.78. The van der Waals surface area contributed by atoms with Gasteiger partial charge in [-0.2, -0.15) is 0 Å². The van der Waals surface area contributed by atoms with Crippen molar-refractivity contribution in [2.24, 2.45) is 0 Å². The summed E-state index contributed by atoms with van der Waals surface area (Å²) in [4.78, 5) is 12.7. The molecule has 0 heterocycles. The number of ether oxygens (including phenoxy) is 1. The number of sulfone groups is 1. The number of amides is 1. The molecule has 0 fully saturated rings. The lowest BCUT2D eigenvalue weighted by atomic mass is 10.0. The van der Waals surface area contributed by atoms with Crippen molar-refractivity contribution in [3.05, 3.63) is 59.1 Å². The molecule has 140 valence electrons. The van der Waals surface area contributed by atoms with Gasteiger partial charge in [0.1, 0.15) is 5.75 Å². The number of halogens is 1. The Morgan fingerprint density at radius 1 is 1.12 bits per heavy atom. The molecule has 0 radical (unpaired) electrons. The van der Waals surface area contributed by atoms with Gasteiger partial charge in [0, 0.05) is 11.3 Å². The molecular formula is C19H22ClNO4S. The highest BCUT2D eigenvalue weighted by Crippen LogP contribution is 2.20. The fraction of sp³-hybridized carbons (Fsp3) is 0.316. The van der Waals surface area contributed by atoms with Gasteiger partial charge in [0.05, 0.1) is 10.9 Å². The Kier molecular flexibility index (Phi) is 6.67. The van der Waals surface area contributed by atoms with E-state index in [1.165, 1.54) is 0 Å². The third kappa shape index (κ3) is 5.47. The van der Waals surface area contributed by atoms with Crippen LogP contribution in [0.5, 0.6) is 5.75 Å². The van der Waals surface area contributed by atoms with Crippen molar-refractivity contribution in [1.29, 1.82) is 0 Å². The van der Waals surface area contributed by atoms with Crippen LogP contribution in [0.2, 0.25) is 5.02 Å². The van der Waals surface area contributed by atoms with Crippen LogP contribution < -0.4 is 10.1 Å². The van der Waals surface area contributed by atoms with Gasteiger partial charge in [-0.05, 0) is 55.3 Å². The second kappa shape index (κ2) is 8.56. The number of hydrogen-bond donors (Lipinski definition) is 1. The molecule has 2 unspecified atom stereocenters. The summed E-state index contributed by atoms with van der Waals surface area (Å²) in [6.45, 7) is 3.61. The monoisotopic (exact) mass is 395 g/mol. The van der Waals surface area contributed by atoms with Gasteiger partial charge < -0.3 is 10.1 Å². The minimum atomic E-state index is -3.24. The maximum Gasteiger partial charge on any atom is 0.261 e. The van der Waals surface area contributed by atoms with Gasteiger partial charge in [-0.3, -0.25) is 4.79 Å². The highest BCUT2D eigenvalue weighted by atomic mass is 35.5. The van der Waals surface area contributed by atoms with Gasteiger partial charge in [0.2, 0.25) is 0 Å². The standard InChI is InChI=1S/C19H22ClNO4S/c1-4-18(14-5-11-17(12-6-14)26(3,23)24)21-19(22)13(2)25-16-9-7-15(20)8-10-16/h5-13,18H,4H2,1-3H3,(H,21,22). The van der Waals surface area contributed by atoms with Crippen LogP contribution in [0.4, 0.5) is 0 Å². The van der Waals surface area contributed by atoms with E-state index in [9.17, 15) is 13.2 Å². The fourth-order valence-electron chi connectivity index (χ4n) is 2.43. The average molecular weight is 396 g/mol. The Morgan fingerprint density at radius 2 is 1.69 bits per heavy atom. The lowest BCUT2D eigenvalue weighted by Crippen LogP contribution is -2.38. The van der Waals surface area contributed by atoms with Gasteiger partial charge in [0.25, 0.3) is 5.91 Å². The molecule has 5 nitrogen and oxygen atoms in total.